The van der Waals surface area contributed by atoms with Gasteiger partial charge in [0.2, 0.25) is 0 Å². The molecule has 0 aromatic heterocycles. The molecule has 0 rings (SSSR count). The normalized spacial score (nSPS) is 17.0. The van der Waals surface area contributed by atoms with E-state index in [0.29, 0.717) is 0 Å². The number of hydrogen-bond donors (Lipinski definition) is 2. The Morgan fingerprint density at radius 2 is 0.346 bits per heavy atom. The van der Waals surface area contributed by atoms with Gasteiger partial charge in [-0.3, -0.25) is 0 Å². The fourth-order valence-corrected chi connectivity index (χ4v) is 8.11. The van der Waals surface area contributed by atoms with Crippen molar-refractivity contribution >= 4 is 40.1 Å². The highest BCUT2D eigenvalue weighted by molar-refractivity contribution is 8.06. The summed E-state index contributed by atoms with van der Waals surface area (Å²) in [5.74, 6) is -52.7. The molecule has 0 amide bonds. The zero-order valence-electron chi connectivity index (χ0n) is 21.7. The lowest BCUT2D eigenvalue weighted by molar-refractivity contribution is -0.382. The van der Waals surface area contributed by atoms with Crippen LogP contribution >= 0.6 is 0 Å². The van der Waals surface area contributed by atoms with Crippen molar-refractivity contribution in [3.05, 3.63) is 0 Å². The molecule has 0 aliphatic rings. The van der Waals surface area contributed by atoms with Crippen LogP contribution in [0.2, 0.25) is 0 Å². The van der Waals surface area contributed by atoms with Gasteiger partial charge in [-0.15, -0.1) is 0 Å². The summed E-state index contributed by atoms with van der Waals surface area (Å²) in [4.78, 5) is 0. The molecule has 0 aliphatic carbocycles. The third-order valence-electron chi connectivity index (χ3n) is 5.15. The maximum absolute atomic E-state index is 14.0. The number of nitrogens with one attached hydrogen (secondary N) is 2. The van der Waals surface area contributed by atoms with Crippen molar-refractivity contribution in [2.45, 2.75) is 68.9 Å². The Balaban J connectivity index is 7.30. The van der Waals surface area contributed by atoms with E-state index >= 15 is 0 Å². The summed E-state index contributed by atoms with van der Waals surface area (Å²) in [5, 5.41) is -35.1. The largest absolute Gasteiger partial charge is 0.460 e. The molecule has 0 saturated carbocycles. The third-order valence-corrected chi connectivity index (χ3v) is 12.4. The number of sulfonamides is 4. The molecular weight excluding hydrogens is 922 g/mol. The minimum atomic E-state index is -9.41. The van der Waals surface area contributed by atoms with E-state index in [0.717, 1.165) is 0 Å². The molecule has 0 aliphatic heterocycles. The Labute approximate surface area is 265 Å². The minimum Gasteiger partial charge on any atom is -0.205 e. The van der Waals surface area contributed by atoms with Gasteiger partial charge in [-0.1, -0.05) is 8.25 Å². The Bertz CT molecular complexity index is 1690. The van der Waals surface area contributed by atoms with Gasteiger partial charge in [-0.05, 0) is 0 Å². The van der Waals surface area contributed by atoms with Crippen molar-refractivity contribution in [3.8, 4) is 0 Å². The van der Waals surface area contributed by atoms with Crippen LogP contribution in [0.4, 0.5) is 114 Å². The molecule has 0 saturated heterocycles. The van der Waals surface area contributed by atoms with Crippen LogP contribution in [0.15, 0.2) is 0 Å². The summed E-state index contributed by atoms with van der Waals surface area (Å²) >= 11 is 0. The molecule has 40 heteroatoms. The predicted octanol–water partition coefficient (Wildman–Crippen LogP) is 4.79. The van der Waals surface area contributed by atoms with E-state index in [4.69, 9.17) is 0 Å². The first-order chi connectivity index (χ1) is 21.7. The Kier molecular flexibility index (Phi) is 11.7. The maximum atomic E-state index is 14.0. The second-order valence-electron chi connectivity index (χ2n) is 8.69. The summed E-state index contributed by atoms with van der Waals surface area (Å²) in [7, 11) is -37.2. The highest BCUT2D eigenvalue weighted by Gasteiger charge is 2.91. The van der Waals surface area contributed by atoms with Crippen LogP contribution in [0.25, 0.3) is 0 Å². The predicted molar refractivity (Wildman–Crippen MR) is 104 cm³/mol. The Morgan fingerprint density at radius 3 is 0.462 bits per heavy atom. The molecule has 10 nitrogen and oxygen atoms in total. The number of rotatable bonds is 15. The van der Waals surface area contributed by atoms with Crippen molar-refractivity contribution in [2.75, 3.05) is 0 Å². The van der Waals surface area contributed by atoms with Gasteiger partial charge in [-0.25, -0.2) is 33.7 Å². The standard InChI is InChI=1S/C12H2F26N2O8S4/c13-1(14,7(25,26)27)3(17,18)9(31,32)49(41,42)39-51(45,46)11(35,36)5(21,22)6(23,24)12(37,38)52(47,48)40-50(43,44)10(33,34)4(19,20)2(15,16)8(28,29)30/h39-40H. The van der Waals surface area contributed by atoms with E-state index in [2.05, 4.69) is 0 Å². The van der Waals surface area contributed by atoms with Crippen LogP contribution in [-0.4, -0.2) is 103 Å². The van der Waals surface area contributed by atoms with Crippen molar-refractivity contribution < 1.29 is 148 Å². The van der Waals surface area contributed by atoms with Crippen LogP contribution in [0.3, 0.4) is 0 Å². The Hall–Kier alpha value is -2.10. The molecule has 2 N–H and O–H groups in total. The Morgan fingerprint density at radius 1 is 0.231 bits per heavy atom. The van der Waals surface area contributed by atoms with E-state index < -0.39 is 117 Å². The molecule has 0 heterocycles. The monoisotopic (exact) mass is 924 g/mol. The third kappa shape index (κ3) is 6.54. The van der Waals surface area contributed by atoms with Gasteiger partial charge in [0, 0.05) is 0 Å². The number of halogens is 26. The second-order valence-corrected chi connectivity index (χ2v) is 16.1. The van der Waals surface area contributed by atoms with Crippen LogP contribution in [0, 0.1) is 0 Å². The second kappa shape index (κ2) is 12.2. The van der Waals surface area contributed by atoms with Crippen LogP contribution in [-0.2, 0) is 40.1 Å². The average Bonchev–Trinajstić information content (AvgIpc) is 2.84. The molecule has 0 spiro atoms. The summed E-state index contributed by atoms with van der Waals surface area (Å²) < 4.78 is 429. The first-order valence-electron chi connectivity index (χ1n) is 10.1. The van der Waals surface area contributed by atoms with E-state index in [-0.39, 0.29) is 0 Å². The molecule has 0 radical (unpaired) electrons. The van der Waals surface area contributed by atoms with Crippen LogP contribution in [0.5, 0.6) is 0 Å². The van der Waals surface area contributed by atoms with Gasteiger partial charge in [0.15, 0.2) is 0 Å². The summed E-state index contributed by atoms with van der Waals surface area (Å²) in [6.45, 7) is 0. The molecule has 314 valence electrons. The van der Waals surface area contributed by atoms with Crippen molar-refractivity contribution in [2.24, 2.45) is 0 Å². The molecule has 0 aromatic carbocycles. The molecule has 0 aromatic rings. The first-order valence-corrected chi connectivity index (χ1v) is 16.1. The number of alkyl halides is 26. The topological polar surface area (TPSA) is 161 Å². The van der Waals surface area contributed by atoms with Gasteiger partial charge in [0.25, 0.3) is 40.1 Å². The summed E-state index contributed by atoms with van der Waals surface area (Å²) in [5.41, 5.74) is 0. The maximum Gasteiger partial charge on any atom is 0.460 e. The zero-order chi connectivity index (χ0) is 43.4. The molecule has 52 heavy (non-hydrogen) atoms. The lowest BCUT2D eigenvalue weighted by atomic mass is 10.1. The SMILES string of the molecule is O=S(=O)(NS(=O)(=O)C(F)(F)C(F)(F)C(F)(F)C(F)(F)S(=O)(=O)NS(=O)(=O)C(F)(F)C(F)(F)C(F)(F)C(F)(F)F)C(F)(F)C(F)(F)C(F)(F)C(F)(F)F. The van der Waals surface area contributed by atoms with E-state index in [1.807, 2.05) is 0 Å². The van der Waals surface area contributed by atoms with E-state index in [1.165, 1.54) is 0 Å². The van der Waals surface area contributed by atoms with E-state index in [1.54, 1.807) is 0 Å². The van der Waals surface area contributed by atoms with Gasteiger partial charge >= 0.3 is 68.9 Å². The summed E-state index contributed by atoms with van der Waals surface area (Å²) in [6, 6.07) is 0. The lowest BCUT2D eigenvalue weighted by Gasteiger charge is -2.36. The fourth-order valence-electron chi connectivity index (χ4n) is 2.26. The van der Waals surface area contributed by atoms with Crippen LogP contribution < -0.4 is 8.25 Å². The lowest BCUT2D eigenvalue weighted by Crippen LogP contribution is -2.71. The average molecular weight is 924 g/mol. The fraction of sp³-hybridized carbons (Fsp3) is 1.00. The highest BCUT2D eigenvalue weighted by Crippen LogP contribution is 2.59. The van der Waals surface area contributed by atoms with Gasteiger partial charge in [0.1, 0.15) is 0 Å². The van der Waals surface area contributed by atoms with Gasteiger partial charge in [0.05, 0.1) is 0 Å². The highest BCUT2D eigenvalue weighted by atomic mass is 32.3. The van der Waals surface area contributed by atoms with Crippen molar-refractivity contribution in [3.63, 3.8) is 0 Å². The smallest absolute Gasteiger partial charge is 0.205 e. The van der Waals surface area contributed by atoms with E-state index in [9.17, 15) is 148 Å². The van der Waals surface area contributed by atoms with Crippen molar-refractivity contribution in [1.82, 2.24) is 8.25 Å². The quantitative estimate of drug-likeness (QED) is 0.222. The molecule has 0 atom stereocenters. The summed E-state index contributed by atoms with van der Waals surface area (Å²) in [6.07, 6.45) is -16.1. The van der Waals surface area contributed by atoms with Crippen molar-refractivity contribution in [1.29, 1.82) is 0 Å². The van der Waals surface area contributed by atoms with Gasteiger partial charge in [-0.2, -0.15) is 114 Å². The van der Waals surface area contributed by atoms with Crippen LogP contribution in [0.1, 0.15) is 0 Å². The molecule has 0 bridgehead atoms. The van der Waals surface area contributed by atoms with Gasteiger partial charge < -0.3 is 0 Å². The molecule has 0 fully saturated rings. The molecule has 0 unspecified atom stereocenters. The number of hydrogen-bond acceptors (Lipinski definition) is 8. The molecular formula is C12H2F26N2O8S4. The first kappa shape index (κ1) is 49.9. The minimum absolute atomic E-state index is 1.99. The zero-order valence-corrected chi connectivity index (χ0v) is 25.0.